The van der Waals surface area contributed by atoms with Crippen molar-refractivity contribution in [3.8, 4) is 16.2 Å². The van der Waals surface area contributed by atoms with Crippen molar-refractivity contribution in [1.82, 2.24) is 9.80 Å². The summed E-state index contributed by atoms with van der Waals surface area (Å²) in [4.78, 5) is 20.0. The fraction of sp³-hybridized carbons (Fsp3) is 0.382. The van der Waals surface area contributed by atoms with Crippen molar-refractivity contribution in [2.45, 2.75) is 38.5 Å². The van der Waals surface area contributed by atoms with Gasteiger partial charge in [-0.2, -0.15) is 0 Å². The van der Waals surface area contributed by atoms with Gasteiger partial charge in [0.05, 0.1) is 0 Å². The molecule has 3 heterocycles. The SMILES string of the molecule is O=C(c1ccc(CCCN2CCCC2)cc1)c1c(-c2ccc(OCCN3CCCC3)cc2)sc2ccccc12. The lowest BCUT2D eigenvalue weighted by Gasteiger charge is -2.15. The van der Waals surface area contributed by atoms with E-state index >= 15 is 0 Å². The number of nitrogens with zero attached hydrogens (tertiary/aromatic N) is 2. The summed E-state index contributed by atoms with van der Waals surface area (Å²) in [6.07, 6.45) is 7.51. The largest absolute Gasteiger partial charge is 0.492 e. The number of fused-ring (bicyclic) bond motifs is 1. The molecule has 2 fully saturated rings. The lowest BCUT2D eigenvalue weighted by atomic mass is 9.96. The highest BCUT2D eigenvalue weighted by Crippen LogP contribution is 2.40. The number of ether oxygens (including phenoxy) is 1. The van der Waals surface area contributed by atoms with E-state index in [0.29, 0.717) is 6.61 Å². The molecule has 0 spiro atoms. The predicted octanol–water partition coefficient (Wildman–Crippen LogP) is 7.30. The maximum absolute atomic E-state index is 13.9. The molecule has 0 saturated carbocycles. The first-order valence-electron chi connectivity index (χ1n) is 14.6. The number of ketones is 1. The minimum atomic E-state index is 0.0945. The third-order valence-corrected chi connectivity index (χ3v) is 9.39. The molecule has 1 aromatic heterocycles. The molecule has 0 bridgehead atoms. The van der Waals surface area contributed by atoms with Gasteiger partial charge in [-0.1, -0.05) is 42.5 Å². The summed E-state index contributed by atoms with van der Waals surface area (Å²) in [6, 6.07) is 24.8. The first-order valence-corrected chi connectivity index (χ1v) is 15.4. The Morgan fingerprint density at radius 3 is 2.15 bits per heavy atom. The third-order valence-electron chi connectivity index (χ3n) is 8.17. The summed E-state index contributed by atoms with van der Waals surface area (Å²) in [5.74, 6) is 0.976. The van der Waals surface area contributed by atoms with Crippen molar-refractivity contribution in [3.63, 3.8) is 0 Å². The van der Waals surface area contributed by atoms with Crippen molar-refractivity contribution in [3.05, 3.63) is 89.5 Å². The van der Waals surface area contributed by atoms with Gasteiger partial charge in [-0.3, -0.25) is 9.69 Å². The smallest absolute Gasteiger partial charge is 0.195 e. The number of hydrogen-bond acceptors (Lipinski definition) is 5. The van der Waals surface area contributed by atoms with Gasteiger partial charge in [0.25, 0.3) is 0 Å². The van der Waals surface area contributed by atoms with Gasteiger partial charge < -0.3 is 9.64 Å². The van der Waals surface area contributed by atoms with Crippen LogP contribution in [-0.4, -0.2) is 61.5 Å². The summed E-state index contributed by atoms with van der Waals surface area (Å²) in [5, 5.41) is 1.03. The number of hydrogen-bond donors (Lipinski definition) is 0. The summed E-state index contributed by atoms with van der Waals surface area (Å²) in [6.45, 7) is 7.73. The van der Waals surface area contributed by atoms with Crippen LogP contribution in [-0.2, 0) is 6.42 Å². The second kappa shape index (κ2) is 12.5. The monoisotopic (exact) mass is 538 g/mol. The van der Waals surface area contributed by atoms with Crippen molar-refractivity contribution >= 4 is 27.2 Å². The van der Waals surface area contributed by atoms with Crippen LogP contribution in [0.5, 0.6) is 5.75 Å². The topological polar surface area (TPSA) is 32.8 Å². The van der Waals surface area contributed by atoms with Crippen LogP contribution in [0.15, 0.2) is 72.8 Å². The molecule has 0 amide bonds. The molecule has 39 heavy (non-hydrogen) atoms. The molecule has 2 saturated heterocycles. The molecule has 2 aliphatic rings. The second-order valence-electron chi connectivity index (χ2n) is 10.9. The van der Waals surface area contributed by atoms with Crippen LogP contribution < -0.4 is 4.74 Å². The van der Waals surface area contributed by atoms with E-state index in [0.717, 1.165) is 50.4 Å². The molecule has 4 nitrogen and oxygen atoms in total. The Bertz CT molecular complexity index is 1380. The van der Waals surface area contributed by atoms with Crippen molar-refractivity contribution < 1.29 is 9.53 Å². The second-order valence-corrected chi connectivity index (χ2v) is 12.0. The number of thiophene rings is 1. The first kappa shape index (κ1) is 26.2. The van der Waals surface area contributed by atoms with Gasteiger partial charge >= 0.3 is 0 Å². The predicted molar refractivity (Wildman–Crippen MR) is 162 cm³/mol. The van der Waals surface area contributed by atoms with E-state index < -0.39 is 0 Å². The fourth-order valence-electron chi connectivity index (χ4n) is 5.96. The number of benzene rings is 3. The van der Waals surface area contributed by atoms with Gasteiger partial charge in [0.15, 0.2) is 5.78 Å². The molecule has 0 aliphatic carbocycles. The molecule has 0 N–H and O–H groups in total. The van der Waals surface area contributed by atoms with E-state index in [-0.39, 0.29) is 5.78 Å². The van der Waals surface area contributed by atoms with Crippen molar-refractivity contribution in [2.75, 3.05) is 45.9 Å². The molecule has 2 aliphatic heterocycles. The van der Waals surface area contributed by atoms with Crippen molar-refractivity contribution in [2.24, 2.45) is 0 Å². The van der Waals surface area contributed by atoms with E-state index in [2.05, 4.69) is 46.2 Å². The highest BCUT2D eigenvalue weighted by atomic mass is 32.1. The zero-order valence-electron chi connectivity index (χ0n) is 22.7. The highest BCUT2D eigenvalue weighted by molar-refractivity contribution is 7.22. The number of rotatable bonds is 11. The Kier molecular flexibility index (Phi) is 8.38. The molecular formula is C34H38N2O2S. The number of likely N-dealkylation sites (tertiary alicyclic amines) is 2. The van der Waals surface area contributed by atoms with Crippen LogP contribution >= 0.6 is 11.3 Å². The van der Waals surface area contributed by atoms with E-state index in [1.165, 1.54) is 70.4 Å². The van der Waals surface area contributed by atoms with Gasteiger partial charge in [-0.05, 0) is 113 Å². The van der Waals surface area contributed by atoms with E-state index in [1.54, 1.807) is 11.3 Å². The van der Waals surface area contributed by atoms with E-state index in [1.807, 2.05) is 36.4 Å². The number of carbonyl (C=O) groups is 1. The fourth-order valence-corrected chi connectivity index (χ4v) is 7.16. The number of carbonyl (C=O) groups excluding carboxylic acids is 1. The molecule has 0 unspecified atom stereocenters. The van der Waals surface area contributed by atoms with E-state index in [4.69, 9.17) is 4.74 Å². The van der Waals surface area contributed by atoms with E-state index in [9.17, 15) is 4.79 Å². The Balaban J connectivity index is 1.17. The third kappa shape index (κ3) is 6.27. The highest BCUT2D eigenvalue weighted by Gasteiger charge is 2.21. The lowest BCUT2D eigenvalue weighted by Crippen LogP contribution is -2.25. The van der Waals surface area contributed by atoms with Crippen LogP contribution in [0.25, 0.3) is 20.5 Å². The maximum Gasteiger partial charge on any atom is 0.195 e. The molecule has 3 aromatic carbocycles. The summed E-state index contributed by atoms with van der Waals surface area (Å²) >= 11 is 1.69. The number of aryl methyl sites for hydroxylation is 1. The Morgan fingerprint density at radius 2 is 1.44 bits per heavy atom. The quantitative estimate of drug-likeness (QED) is 0.188. The zero-order valence-corrected chi connectivity index (χ0v) is 23.6. The molecule has 202 valence electrons. The van der Waals surface area contributed by atoms with Crippen LogP contribution in [0.3, 0.4) is 0 Å². The van der Waals surface area contributed by atoms with Crippen LogP contribution in [0.4, 0.5) is 0 Å². The Morgan fingerprint density at radius 1 is 0.769 bits per heavy atom. The van der Waals surface area contributed by atoms with Crippen LogP contribution in [0, 0.1) is 0 Å². The summed E-state index contributed by atoms with van der Waals surface area (Å²) in [5.41, 5.74) is 3.93. The molecule has 4 aromatic rings. The molecule has 0 atom stereocenters. The van der Waals surface area contributed by atoms with Crippen molar-refractivity contribution in [1.29, 1.82) is 0 Å². The van der Waals surface area contributed by atoms with Gasteiger partial charge in [0.2, 0.25) is 0 Å². The Labute approximate surface area is 236 Å². The lowest BCUT2D eigenvalue weighted by molar-refractivity contribution is 0.104. The average molecular weight is 539 g/mol. The standard InChI is InChI=1S/C34H38N2O2S/c37-33(27-13-11-26(12-14-27)8-7-23-35-19-3-4-20-35)32-30-9-1-2-10-31(30)39-34(32)28-15-17-29(18-16-28)38-25-24-36-21-5-6-22-36/h1-2,9-18H,3-8,19-25H2. The first-order chi connectivity index (χ1) is 19.2. The molecule has 6 rings (SSSR count). The normalized spacial score (nSPS) is 16.3. The van der Waals surface area contributed by atoms with Crippen LogP contribution in [0.2, 0.25) is 0 Å². The minimum absolute atomic E-state index is 0.0945. The molecule has 5 heteroatoms. The molecule has 0 radical (unpaired) electrons. The average Bonchev–Trinajstić information content (AvgIpc) is 3.75. The van der Waals surface area contributed by atoms with Gasteiger partial charge in [0.1, 0.15) is 12.4 Å². The Hall–Kier alpha value is -2.99. The van der Waals surface area contributed by atoms with Gasteiger partial charge in [0, 0.05) is 32.6 Å². The summed E-state index contributed by atoms with van der Waals surface area (Å²) in [7, 11) is 0. The van der Waals surface area contributed by atoms with Crippen LogP contribution in [0.1, 0.15) is 53.6 Å². The minimum Gasteiger partial charge on any atom is -0.492 e. The van der Waals surface area contributed by atoms with Gasteiger partial charge in [-0.15, -0.1) is 11.3 Å². The maximum atomic E-state index is 13.9. The van der Waals surface area contributed by atoms with Gasteiger partial charge in [-0.25, -0.2) is 0 Å². The summed E-state index contributed by atoms with van der Waals surface area (Å²) < 4.78 is 7.16. The zero-order chi connectivity index (χ0) is 26.4. The molecular weight excluding hydrogens is 500 g/mol.